The zero-order valence-corrected chi connectivity index (χ0v) is 31.9. The van der Waals surface area contributed by atoms with Crippen molar-refractivity contribution >= 4 is 19.8 Å². The monoisotopic (exact) mass is 704 g/mol. The number of carbonyl (C=O) groups is 2. The van der Waals surface area contributed by atoms with Gasteiger partial charge in [-0.05, 0) is 38.5 Å². The second kappa shape index (κ2) is 35.6. The van der Waals surface area contributed by atoms with Gasteiger partial charge in [-0.25, -0.2) is 4.57 Å². The highest BCUT2D eigenvalue weighted by Crippen LogP contribution is 2.43. The molecule has 1 unspecified atom stereocenters. The van der Waals surface area contributed by atoms with Gasteiger partial charge in [0.05, 0.1) is 13.2 Å². The summed E-state index contributed by atoms with van der Waals surface area (Å²) >= 11 is 0. The van der Waals surface area contributed by atoms with E-state index >= 15 is 0 Å². The van der Waals surface area contributed by atoms with E-state index < -0.39 is 26.5 Å². The van der Waals surface area contributed by atoms with Crippen molar-refractivity contribution in [1.82, 2.24) is 0 Å². The fourth-order valence-electron chi connectivity index (χ4n) is 5.45. The number of allylic oxidation sites excluding steroid dienone is 2. The number of unbranched alkanes of at least 4 members (excludes halogenated alkanes) is 22. The molecule has 0 aliphatic heterocycles. The Labute approximate surface area is 294 Å². The standard InChI is InChI=1S/C38H74NO8P/c1-3-5-7-9-11-13-15-17-18-19-21-23-25-27-29-31-38(41)47-36(35-46-48(42,43)45-33-32-39)34-44-37(40)30-28-26-24-22-20-16-14-12-10-8-6-4-2/h13,15,36H,3-12,14,16-35,39H2,1-2H3,(H,42,43)/b15-13-/t36-/m1/s1. The van der Waals surface area contributed by atoms with E-state index in [1.54, 1.807) is 0 Å². The van der Waals surface area contributed by atoms with Crippen LogP contribution in [0.2, 0.25) is 0 Å². The summed E-state index contributed by atoms with van der Waals surface area (Å²) in [6.07, 6.45) is 33.8. The molecule has 284 valence electrons. The lowest BCUT2D eigenvalue weighted by Crippen LogP contribution is -2.29. The van der Waals surface area contributed by atoms with Gasteiger partial charge in [-0.15, -0.1) is 0 Å². The van der Waals surface area contributed by atoms with Gasteiger partial charge in [-0.2, -0.15) is 0 Å². The van der Waals surface area contributed by atoms with Crippen molar-refractivity contribution in [3.8, 4) is 0 Å². The van der Waals surface area contributed by atoms with Gasteiger partial charge in [0.1, 0.15) is 6.61 Å². The Morgan fingerprint density at radius 2 is 1.02 bits per heavy atom. The third kappa shape index (κ3) is 34.6. The van der Waals surface area contributed by atoms with E-state index in [1.165, 1.54) is 109 Å². The number of phosphoric acid groups is 1. The van der Waals surface area contributed by atoms with Gasteiger partial charge in [0.25, 0.3) is 0 Å². The molecule has 0 spiro atoms. The van der Waals surface area contributed by atoms with Crippen molar-refractivity contribution in [3.63, 3.8) is 0 Å². The lowest BCUT2D eigenvalue weighted by Gasteiger charge is -2.19. The molecule has 0 amide bonds. The van der Waals surface area contributed by atoms with Crippen LogP contribution in [-0.2, 0) is 32.7 Å². The second-order valence-corrected chi connectivity index (χ2v) is 14.6. The van der Waals surface area contributed by atoms with Gasteiger partial charge in [0.15, 0.2) is 6.10 Å². The van der Waals surface area contributed by atoms with Crippen LogP contribution in [0, 0.1) is 0 Å². The predicted octanol–water partition coefficient (Wildman–Crippen LogP) is 10.7. The van der Waals surface area contributed by atoms with E-state index in [9.17, 15) is 19.0 Å². The first-order chi connectivity index (χ1) is 23.3. The summed E-state index contributed by atoms with van der Waals surface area (Å²) in [6.45, 7) is 3.72. The van der Waals surface area contributed by atoms with Crippen molar-refractivity contribution < 1.29 is 37.6 Å². The number of esters is 2. The summed E-state index contributed by atoms with van der Waals surface area (Å²) in [5.41, 5.74) is 5.33. The summed E-state index contributed by atoms with van der Waals surface area (Å²) in [5, 5.41) is 0. The summed E-state index contributed by atoms with van der Waals surface area (Å²) in [5.74, 6) is -0.828. The van der Waals surface area contributed by atoms with Crippen LogP contribution in [0.4, 0.5) is 0 Å². The van der Waals surface area contributed by atoms with E-state index in [4.69, 9.17) is 24.3 Å². The predicted molar refractivity (Wildman–Crippen MR) is 197 cm³/mol. The van der Waals surface area contributed by atoms with Crippen LogP contribution in [0.1, 0.15) is 187 Å². The molecule has 48 heavy (non-hydrogen) atoms. The molecule has 0 aromatic rings. The molecule has 3 N–H and O–H groups in total. The smallest absolute Gasteiger partial charge is 0.462 e. The van der Waals surface area contributed by atoms with Crippen LogP contribution >= 0.6 is 7.82 Å². The molecule has 0 fully saturated rings. The number of hydrogen-bond acceptors (Lipinski definition) is 8. The van der Waals surface area contributed by atoms with Crippen molar-refractivity contribution in [3.05, 3.63) is 12.2 Å². The molecule has 0 radical (unpaired) electrons. The number of hydrogen-bond donors (Lipinski definition) is 2. The zero-order valence-electron chi connectivity index (χ0n) is 31.0. The van der Waals surface area contributed by atoms with Gasteiger partial charge in [0.2, 0.25) is 0 Å². The first-order valence-corrected chi connectivity index (χ1v) is 21.2. The Morgan fingerprint density at radius 1 is 0.604 bits per heavy atom. The largest absolute Gasteiger partial charge is 0.472 e. The molecule has 0 heterocycles. The molecule has 0 aliphatic rings. The topological polar surface area (TPSA) is 134 Å². The molecule has 0 saturated heterocycles. The van der Waals surface area contributed by atoms with E-state index in [2.05, 4.69) is 26.0 Å². The van der Waals surface area contributed by atoms with Crippen molar-refractivity contribution in [1.29, 1.82) is 0 Å². The van der Waals surface area contributed by atoms with Crippen LogP contribution in [-0.4, -0.2) is 49.3 Å². The minimum absolute atomic E-state index is 0.0552. The summed E-state index contributed by atoms with van der Waals surface area (Å²) in [7, 11) is -4.37. The zero-order chi connectivity index (χ0) is 35.4. The maximum atomic E-state index is 12.5. The van der Waals surface area contributed by atoms with Crippen molar-refractivity contribution in [2.45, 2.75) is 193 Å². The van der Waals surface area contributed by atoms with Crippen LogP contribution < -0.4 is 5.73 Å². The molecule has 0 aromatic carbocycles. The van der Waals surface area contributed by atoms with Crippen LogP contribution in [0.5, 0.6) is 0 Å². The minimum atomic E-state index is -4.37. The molecule has 0 aliphatic carbocycles. The van der Waals surface area contributed by atoms with E-state index in [1.807, 2.05) is 0 Å². The van der Waals surface area contributed by atoms with Crippen LogP contribution in [0.3, 0.4) is 0 Å². The molecular formula is C38H74NO8P. The fourth-order valence-corrected chi connectivity index (χ4v) is 6.22. The molecule has 9 nitrogen and oxygen atoms in total. The SMILES string of the molecule is CCCCCC/C=C\CCCCCCCCCC(=O)O[C@H](COC(=O)CCCCCCCCCCCCCC)COP(=O)(O)OCCN. The number of carbonyl (C=O) groups excluding carboxylic acids is 2. The Hall–Kier alpha value is -1.25. The van der Waals surface area contributed by atoms with Crippen molar-refractivity contribution in [2.75, 3.05) is 26.4 Å². The quantitative estimate of drug-likeness (QED) is 0.0280. The Bertz CT molecular complexity index is 810. The number of ether oxygens (including phenoxy) is 2. The second-order valence-electron chi connectivity index (χ2n) is 13.2. The van der Waals surface area contributed by atoms with E-state index in [0.717, 1.165) is 44.9 Å². The fraction of sp³-hybridized carbons (Fsp3) is 0.895. The molecular weight excluding hydrogens is 629 g/mol. The number of nitrogens with two attached hydrogens (primary N) is 1. The van der Waals surface area contributed by atoms with Crippen molar-refractivity contribution in [2.24, 2.45) is 5.73 Å². The van der Waals surface area contributed by atoms with E-state index in [-0.39, 0.29) is 38.6 Å². The van der Waals surface area contributed by atoms with E-state index in [0.29, 0.717) is 6.42 Å². The average molecular weight is 704 g/mol. The Morgan fingerprint density at radius 3 is 1.50 bits per heavy atom. The van der Waals surface area contributed by atoms with Gasteiger partial charge in [0, 0.05) is 19.4 Å². The lowest BCUT2D eigenvalue weighted by molar-refractivity contribution is -0.161. The Kier molecular flexibility index (Phi) is 34.6. The molecule has 0 aromatic heterocycles. The minimum Gasteiger partial charge on any atom is -0.462 e. The van der Waals surface area contributed by atoms with Gasteiger partial charge < -0.3 is 20.1 Å². The van der Waals surface area contributed by atoms with Gasteiger partial charge >= 0.3 is 19.8 Å². The molecule has 0 rings (SSSR count). The van der Waals surface area contributed by atoms with Crippen LogP contribution in [0.25, 0.3) is 0 Å². The average Bonchev–Trinajstić information content (AvgIpc) is 3.07. The maximum absolute atomic E-state index is 12.5. The third-order valence-electron chi connectivity index (χ3n) is 8.40. The number of phosphoric ester groups is 1. The Balaban J connectivity index is 4.19. The summed E-state index contributed by atoms with van der Waals surface area (Å²) in [4.78, 5) is 34.7. The highest BCUT2D eigenvalue weighted by molar-refractivity contribution is 7.47. The highest BCUT2D eigenvalue weighted by Gasteiger charge is 2.25. The molecule has 0 bridgehead atoms. The third-order valence-corrected chi connectivity index (χ3v) is 9.39. The molecule has 2 atom stereocenters. The summed E-state index contributed by atoms with van der Waals surface area (Å²) < 4.78 is 32.7. The van der Waals surface area contributed by atoms with Gasteiger partial charge in [-0.3, -0.25) is 18.6 Å². The normalized spacial score (nSPS) is 13.5. The van der Waals surface area contributed by atoms with Crippen LogP contribution in [0.15, 0.2) is 12.2 Å². The molecule has 0 saturated carbocycles. The maximum Gasteiger partial charge on any atom is 0.472 e. The highest BCUT2D eigenvalue weighted by atomic mass is 31.2. The summed E-state index contributed by atoms with van der Waals surface area (Å²) in [6, 6.07) is 0. The number of rotatable bonds is 37. The molecule has 10 heteroatoms. The van der Waals surface area contributed by atoms with Gasteiger partial charge in [-0.1, -0.05) is 148 Å². The first kappa shape index (κ1) is 46.8. The first-order valence-electron chi connectivity index (χ1n) is 19.7. The lowest BCUT2D eigenvalue weighted by atomic mass is 10.0.